The van der Waals surface area contributed by atoms with E-state index in [2.05, 4.69) is 43.3 Å². The third-order valence-electron chi connectivity index (χ3n) is 6.04. The Labute approximate surface area is 166 Å². The van der Waals surface area contributed by atoms with Crippen LogP contribution in [0.1, 0.15) is 49.7 Å². The summed E-state index contributed by atoms with van der Waals surface area (Å²) < 4.78 is 13.9. The van der Waals surface area contributed by atoms with E-state index >= 15 is 0 Å². The van der Waals surface area contributed by atoms with Gasteiger partial charge in [0.2, 0.25) is 0 Å². The summed E-state index contributed by atoms with van der Waals surface area (Å²) >= 11 is 0. The van der Waals surface area contributed by atoms with Gasteiger partial charge in [0.25, 0.3) is 0 Å². The zero-order valence-corrected chi connectivity index (χ0v) is 16.2. The number of rotatable bonds is 3. The Morgan fingerprint density at radius 1 is 0.750 bits per heavy atom. The fourth-order valence-electron chi connectivity index (χ4n) is 4.18. The summed E-state index contributed by atoms with van der Waals surface area (Å²) in [4.78, 5) is 0. The van der Waals surface area contributed by atoms with Crippen LogP contribution in [0.5, 0.6) is 0 Å². The summed E-state index contributed by atoms with van der Waals surface area (Å²) in [6.45, 7) is 2.36. The molecule has 0 heterocycles. The van der Waals surface area contributed by atoms with Crippen molar-refractivity contribution >= 4 is 0 Å². The predicted octanol–water partition coefficient (Wildman–Crippen LogP) is 7.33. The zero-order chi connectivity index (χ0) is 19.5. The van der Waals surface area contributed by atoms with E-state index in [0.29, 0.717) is 5.92 Å². The van der Waals surface area contributed by atoms with Crippen LogP contribution in [0.25, 0.3) is 22.3 Å². The van der Waals surface area contributed by atoms with E-state index in [-0.39, 0.29) is 5.56 Å². The summed E-state index contributed by atoms with van der Waals surface area (Å²) in [7, 11) is 0. The molecule has 4 rings (SSSR count). The first-order valence-corrected chi connectivity index (χ1v) is 10.0. The lowest BCUT2D eigenvalue weighted by atomic mass is 9.79. The Morgan fingerprint density at radius 3 is 1.79 bits per heavy atom. The smallest absolute Gasteiger partial charge is 0.141 e. The van der Waals surface area contributed by atoms with Crippen LogP contribution in [0.4, 0.5) is 4.39 Å². The SMILES string of the molecule is CC1CCC(c2ccc(-c3ccc(-c4ccc(C#N)c(F)c4)cc3)cc2)CC1. The molecular formula is C26H24FN. The van der Waals surface area contributed by atoms with Crippen LogP contribution in [0.2, 0.25) is 0 Å². The molecule has 0 bridgehead atoms. The van der Waals surface area contributed by atoms with E-state index < -0.39 is 5.82 Å². The van der Waals surface area contributed by atoms with Crippen molar-refractivity contribution in [1.82, 2.24) is 0 Å². The largest absolute Gasteiger partial charge is 0.206 e. The molecule has 3 aromatic carbocycles. The molecule has 1 fully saturated rings. The van der Waals surface area contributed by atoms with Crippen molar-refractivity contribution in [2.24, 2.45) is 5.92 Å². The van der Waals surface area contributed by atoms with Crippen LogP contribution in [-0.4, -0.2) is 0 Å². The molecule has 2 heteroatoms. The summed E-state index contributed by atoms with van der Waals surface area (Å²) in [6.07, 6.45) is 5.28. The van der Waals surface area contributed by atoms with Gasteiger partial charge in [0.1, 0.15) is 11.9 Å². The molecule has 3 aromatic rings. The zero-order valence-electron chi connectivity index (χ0n) is 16.2. The summed E-state index contributed by atoms with van der Waals surface area (Å²) in [5.41, 5.74) is 5.62. The monoisotopic (exact) mass is 369 g/mol. The van der Waals surface area contributed by atoms with Crippen LogP contribution < -0.4 is 0 Å². The van der Waals surface area contributed by atoms with Gasteiger partial charge < -0.3 is 0 Å². The molecule has 0 atom stereocenters. The van der Waals surface area contributed by atoms with E-state index in [1.165, 1.54) is 48.9 Å². The summed E-state index contributed by atoms with van der Waals surface area (Å²) in [5.74, 6) is 1.11. The minimum atomic E-state index is -0.475. The van der Waals surface area contributed by atoms with E-state index in [1.54, 1.807) is 6.07 Å². The number of hydrogen-bond acceptors (Lipinski definition) is 1. The first-order valence-electron chi connectivity index (χ1n) is 10.0. The van der Waals surface area contributed by atoms with Gasteiger partial charge in [-0.3, -0.25) is 0 Å². The van der Waals surface area contributed by atoms with Crippen molar-refractivity contribution in [3.8, 4) is 28.3 Å². The fraction of sp³-hybridized carbons (Fsp3) is 0.269. The first-order chi connectivity index (χ1) is 13.6. The van der Waals surface area contributed by atoms with Gasteiger partial charge in [0.05, 0.1) is 5.56 Å². The maximum Gasteiger partial charge on any atom is 0.141 e. The Morgan fingerprint density at radius 2 is 1.25 bits per heavy atom. The lowest BCUT2D eigenvalue weighted by Crippen LogP contribution is -2.10. The Hall–Kier alpha value is -2.92. The molecule has 0 aliphatic heterocycles. The van der Waals surface area contributed by atoms with Gasteiger partial charge in [-0.15, -0.1) is 0 Å². The van der Waals surface area contributed by atoms with Crippen molar-refractivity contribution < 1.29 is 4.39 Å². The number of benzene rings is 3. The minimum Gasteiger partial charge on any atom is -0.206 e. The molecule has 0 spiro atoms. The van der Waals surface area contributed by atoms with E-state index in [4.69, 9.17) is 5.26 Å². The second kappa shape index (κ2) is 7.98. The van der Waals surface area contributed by atoms with Crippen LogP contribution >= 0.6 is 0 Å². The van der Waals surface area contributed by atoms with Crippen molar-refractivity contribution in [3.63, 3.8) is 0 Å². The molecule has 1 aliphatic rings. The van der Waals surface area contributed by atoms with E-state index in [0.717, 1.165) is 22.6 Å². The highest BCUT2D eigenvalue weighted by Crippen LogP contribution is 2.36. The van der Waals surface area contributed by atoms with Gasteiger partial charge in [-0.25, -0.2) is 4.39 Å². The fourth-order valence-corrected chi connectivity index (χ4v) is 4.18. The molecule has 1 aliphatic carbocycles. The van der Waals surface area contributed by atoms with Crippen molar-refractivity contribution in [2.75, 3.05) is 0 Å². The standard InChI is InChI=1S/C26H24FN/c1-18-2-4-19(5-3-18)20-6-8-21(9-7-20)22-10-12-23(13-11-22)24-14-15-25(17-28)26(27)16-24/h6-16,18-19H,2-5H2,1H3. The molecule has 0 saturated heterocycles. The highest BCUT2D eigenvalue weighted by atomic mass is 19.1. The summed E-state index contributed by atoms with van der Waals surface area (Å²) in [5, 5.41) is 8.87. The van der Waals surface area contributed by atoms with Gasteiger partial charge in [-0.05, 0) is 64.6 Å². The molecule has 0 aromatic heterocycles. The maximum absolute atomic E-state index is 13.9. The minimum absolute atomic E-state index is 0.0767. The predicted molar refractivity (Wildman–Crippen MR) is 112 cm³/mol. The molecule has 28 heavy (non-hydrogen) atoms. The molecule has 1 saturated carbocycles. The van der Waals surface area contributed by atoms with E-state index in [9.17, 15) is 4.39 Å². The second-order valence-electron chi connectivity index (χ2n) is 7.96. The number of hydrogen-bond donors (Lipinski definition) is 0. The number of nitriles is 1. The highest BCUT2D eigenvalue weighted by Gasteiger charge is 2.19. The average Bonchev–Trinajstić information content (AvgIpc) is 2.74. The van der Waals surface area contributed by atoms with Crippen LogP contribution in [0.3, 0.4) is 0 Å². The molecule has 0 unspecified atom stereocenters. The van der Waals surface area contributed by atoms with Gasteiger partial charge in [0, 0.05) is 0 Å². The molecule has 0 N–H and O–H groups in total. The highest BCUT2D eigenvalue weighted by molar-refractivity contribution is 5.71. The number of halogens is 1. The molecular weight excluding hydrogens is 345 g/mol. The Balaban J connectivity index is 1.51. The molecule has 0 radical (unpaired) electrons. The van der Waals surface area contributed by atoms with Gasteiger partial charge in [-0.2, -0.15) is 5.26 Å². The third kappa shape index (κ3) is 3.85. The summed E-state index contributed by atoms with van der Waals surface area (Å²) in [6, 6.07) is 23.7. The van der Waals surface area contributed by atoms with Crippen LogP contribution in [0.15, 0.2) is 66.7 Å². The normalized spacial score (nSPS) is 19.2. The van der Waals surface area contributed by atoms with Crippen LogP contribution in [0, 0.1) is 23.1 Å². The Bertz CT molecular complexity index is 988. The van der Waals surface area contributed by atoms with Crippen molar-refractivity contribution in [3.05, 3.63) is 83.7 Å². The first kappa shape index (κ1) is 18.4. The Kier molecular flexibility index (Phi) is 5.26. The third-order valence-corrected chi connectivity index (χ3v) is 6.04. The van der Waals surface area contributed by atoms with Gasteiger partial charge in [-0.1, -0.05) is 74.4 Å². The molecule has 0 amide bonds. The number of nitrogens with zero attached hydrogens (tertiary/aromatic N) is 1. The van der Waals surface area contributed by atoms with Gasteiger partial charge in [0.15, 0.2) is 0 Å². The van der Waals surface area contributed by atoms with Crippen molar-refractivity contribution in [2.45, 2.75) is 38.5 Å². The lowest BCUT2D eigenvalue weighted by molar-refractivity contribution is 0.348. The topological polar surface area (TPSA) is 23.8 Å². The quantitative estimate of drug-likeness (QED) is 0.474. The van der Waals surface area contributed by atoms with E-state index in [1.807, 2.05) is 18.2 Å². The maximum atomic E-state index is 13.9. The van der Waals surface area contributed by atoms with Crippen molar-refractivity contribution in [1.29, 1.82) is 5.26 Å². The lowest BCUT2D eigenvalue weighted by Gasteiger charge is -2.26. The molecule has 140 valence electrons. The molecule has 1 nitrogen and oxygen atoms in total. The van der Waals surface area contributed by atoms with Crippen LogP contribution in [-0.2, 0) is 0 Å². The average molecular weight is 369 g/mol. The van der Waals surface area contributed by atoms with Gasteiger partial charge >= 0.3 is 0 Å². The second-order valence-corrected chi connectivity index (χ2v) is 7.96.